The van der Waals surface area contributed by atoms with Gasteiger partial charge in [-0.1, -0.05) is 20.3 Å². The summed E-state index contributed by atoms with van der Waals surface area (Å²) in [6.45, 7) is 7.85. The molecule has 0 aliphatic carbocycles. The van der Waals surface area contributed by atoms with E-state index in [-0.39, 0.29) is 0 Å². The van der Waals surface area contributed by atoms with Crippen molar-refractivity contribution in [2.75, 3.05) is 6.54 Å². The molecule has 2 atom stereocenters. The molecule has 0 amide bonds. The molecule has 1 aromatic rings. The van der Waals surface area contributed by atoms with E-state index in [4.69, 9.17) is 0 Å². The number of pyridine rings is 1. The molecule has 0 bridgehead atoms. The Morgan fingerprint density at radius 3 is 2.65 bits per heavy atom. The van der Waals surface area contributed by atoms with Crippen LogP contribution in [-0.4, -0.2) is 17.6 Å². The summed E-state index contributed by atoms with van der Waals surface area (Å²) in [6, 6.07) is 4.74. The average molecular weight is 299 g/mol. The molecule has 0 radical (unpaired) electrons. The SMILES string of the molecule is CCCNC(C)C(CC)Cc1ccc(Br)cn1. The van der Waals surface area contributed by atoms with Gasteiger partial charge in [-0.2, -0.15) is 0 Å². The van der Waals surface area contributed by atoms with E-state index in [0.717, 1.165) is 17.4 Å². The summed E-state index contributed by atoms with van der Waals surface area (Å²) in [5.74, 6) is 0.662. The molecule has 0 saturated heterocycles. The molecule has 0 aliphatic heterocycles. The van der Waals surface area contributed by atoms with E-state index >= 15 is 0 Å². The zero-order chi connectivity index (χ0) is 12.7. The quantitative estimate of drug-likeness (QED) is 0.828. The normalized spacial score (nSPS) is 14.6. The van der Waals surface area contributed by atoms with Crippen molar-refractivity contribution in [2.24, 2.45) is 5.92 Å². The third-order valence-electron chi connectivity index (χ3n) is 3.21. The third kappa shape index (κ3) is 5.17. The third-order valence-corrected chi connectivity index (χ3v) is 3.68. The van der Waals surface area contributed by atoms with Crippen molar-refractivity contribution in [1.82, 2.24) is 10.3 Å². The Labute approximate surface area is 113 Å². The minimum Gasteiger partial charge on any atom is -0.314 e. The minimum absolute atomic E-state index is 0.561. The van der Waals surface area contributed by atoms with E-state index < -0.39 is 0 Å². The highest BCUT2D eigenvalue weighted by Gasteiger charge is 2.15. The van der Waals surface area contributed by atoms with Gasteiger partial charge < -0.3 is 5.32 Å². The molecular weight excluding hydrogens is 276 g/mol. The molecule has 2 nitrogen and oxygen atoms in total. The van der Waals surface area contributed by atoms with Gasteiger partial charge in [-0.3, -0.25) is 4.98 Å². The molecular formula is C14H23BrN2. The van der Waals surface area contributed by atoms with Crippen LogP contribution in [0.4, 0.5) is 0 Å². The van der Waals surface area contributed by atoms with Crippen LogP contribution in [0.1, 0.15) is 39.3 Å². The highest BCUT2D eigenvalue weighted by atomic mass is 79.9. The van der Waals surface area contributed by atoms with Crippen LogP contribution in [0.15, 0.2) is 22.8 Å². The standard InChI is InChI=1S/C14H23BrN2/c1-4-8-16-11(3)12(5-2)9-14-7-6-13(15)10-17-14/h6-7,10-12,16H,4-5,8-9H2,1-3H3. The number of hydrogen-bond donors (Lipinski definition) is 1. The van der Waals surface area contributed by atoms with Gasteiger partial charge in [0.05, 0.1) is 0 Å². The highest BCUT2D eigenvalue weighted by molar-refractivity contribution is 9.10. The molecule has 3 heteroatoms. The molecule has 0 aromatic carbocycles. The molecule has 1 N–H and O–H groups in total. The summed E-state index contributed by atoms with van der Waals surface area (Å²) in [5, 5.41) is 3.58. The Morgan fingerprint density at radius 1 is 1.35 bits per heavy atom. The second kappa shape index (κ2) is 7.83. The fourth-order valence-corrected chi connectivity index (χ4v) is 2.24. The number of halogens is 1. The topological polar surface area (TPSA) is 24.9 Å². The first-order valence-corrected chi connectivity index (χ1v) is 7.30. The lowest BCUT2D eigenvalue weighted by Gasteiger charge is -2.23. The van der Waals surface area contributed by atoms with E-state index in [9.17, 15) is 0 Å². The summed E-state index contributed by atoms with van der Waals surface area (Å²) in [4.78, 5) is 4.45. The van der Waals surface area contributed by atoms with Gasteiger partial charge in [-0.05, 0) is 60.3 Å². The predicted octanol–water partition coefficient (Wildman–Crippen LogP) is 3.80. The summed E-state index contributed by atoms with van der Waals surface area (Å²) in [7, 11) is 0. The molecule has 17 heavy (non-hydrogen) atoms. The number of nitrogens with zero attached hydrogens (tertiary/aromatic N) is 1. The highest BCUT2D eigenvalue weighted by Crippen LogP contribution is 2.16. The van der Waals surface area contributed by atoms with Crippen LogP contribution in [0.3, 0.4) is 0 Å². The van der Waals surface area contributed by atoms with E-state index in [1.165, 1.54) is 18.5 Å². The first-order valence-electron chi connectivity index (χ1n) is 6.51. The van der Waals surface area contributed by atoms with E-state index in [2.05, 4.69) is 59.1 Å². The molecule has 1 aromatic heterocycles. The lowest BCUT2D eigenvalue weighted by atomic mass is 9.92. The van der Waals surface area contributed by atoms with Crippen LogP contribution in [0.5, 0.6) is 0 Å². The van der Waals surface area contributed by atoms with Gasteiger partial charge in [0.25, 0.3) is 0 Å². The number of rotatable bonds is 7. The lowest BCUT2D eigenvalue weighted by Crippen LogP contribution is -2.35. The molecule has 0 spiro atoms. The van der Waals surface area contributed by atoms with Crippen molar-refractivity contribution in [3.63, 3.8) is 0 Å². The molecule has 0 saturated carbocycles. The molecule has 1 rings (SSSR count). The first-order chi connectivity index (χ1) is 8.17. The van der Waals surface area contributed by atoms with Gasteiger partial charge in [-0.25, -0.2) is 0 Å². The van der Waals surface area contributed by atoms with E-state index in [1.54, 1.807) is 0 Å². The minimum atomic E-state index is 0.561. The van der Waals surface area contributed by atoms with Gasteiger partial charge in [0, 0.05) is 22.4 Å². The zero-order valence-electron chi connectivity index (χ0n) is 11.0. The maximum atomic E-state index is 4.45. The van der Waals surface area contributed by atoms with Crippen molar-refractivity contribution in [2.45, 2.75) is 46.1 Å². The number of hydrogen-bond acceptors (Lipinski definition) is 2. The van der Waals surface area contributed by atoms with Gasteiger partial charge in [0.2, 0.25) is 0 Å². The van der Waals surface area contributed by atoms with Gasteiger partial charge in [0.1, 0.15) is 0 Å². The smallest absolute Gasteiger partial charge is 0.0413 e. The monoisotopic (exact) mass is 298 g/mol. The first kappa shape index (κ1) is 14.7. The van der Waals surface area contributed by atoms with Crippen LogP contribution in [0.25, 0.3) is 0 Å². The van der Waals surface area contributed by atoms with Crippen molar-refractivity contribution in [3.05, 3.63) is 28.5 Å². The fraction of sp³-hybridized carbons (Fsp3) is 0.643. The van der Waals surface area contributed by atoms with Gasteiger partial charge >= 0.3 is 0 Å². The number of aromatic nitrogens is 1. The second-order valence-electron chi connectivity index (χ2n) is 4.58. The Bertz CT molecular complexity index is 311. The van der Waals surface area contributed by atoms with Crippen LogP contribution >= 0.6 is 15.9 Å². The molecule has 0 aliphatic rings. The lowest BCUT2D eigenvalue weighted by molar-refractivity contribution is 0.360. The largest absolute Gasteiger partial charge is 0.314 e. The van der Waals surface area contributed by atoms with Crippen LogP contribution in [0, 0.1) is 5.92 Å². The van der Waals surface area contributed by atoms with Gasteiger partial charge in [0.15, 0.2) is 0 Å². The maximum absolute atomic E-state index is 4.45. The van der Waals surface area contributed by atoms with Crippen LogP contribution in [0.2, 0.25) is 0 Å². The molecule has 2 unspecified atom stereocenters. The second-order valence-corrected chi connectivity index (χ2v) is 5.50. The zero-order valence-corrected chi connectivity index (χ0v) is 12.6. The summed E-state index contributed by atoms with van der Waals surface area (Å²) < 4.78 is 1.05. The average Bonchev–Trinajstić information content (AvgIpc) is 2.35. The van der Waals surface area contributed by atoms with E-state index in [0.29, 0.717) is 12.0 Å². The molecule has 1 heterocycles. The van der Waals surface area contributed by atoms with Crippen molar-refractivity contribution < 1.29 is 0 Å². The Balaban J connectivity index is 2.53. The van der Waals surface area contributed by atoms with E-state index in [1.807, 2.05) is 6.20 Å². The van der Waals surface area contributed by atoms with Crippen molar-refractivity contribution >= 4 is 15.9 Å². The Hall–Kier alpha value is -0.410. The summed E-state index contributed by atoms with van der Waals surface area (Å²) in [5.41, 5.74) is 1.19. The van der Waals surface area contributed by atoms with Crippen LogP contribution in [-0.2, 0) is 6.42 Å². The van der Waals surface area contributed by atoms with Crippen molar-refractivity contribution in [3.8, 4) is 0 Å². The summed E-state index contributed by atoms with van der Waals surface area (Å²) in [6.07, 6.45) is 5.32. The molecule has 0 fully saturated rings. The van der Waals surface area contributed by atoms with Crippen LogP contribution < -0.4 is 5.32 Å². The Morgan fingerprint density at radius 2 is 2.12 bits per heavy atom. The molecule has 96 valence electrons. The van der Waals surface area contributed by atoms with Gasteiger partial charge in [-0.15, -0.1) is 0 Å². The number of nitrogens with one attached hydrogen (secondary N) is 1. The Kier molecular flexibility index (Phi) is 6.75. The maximum Gasteiger partial charge on any atom is 0.0413 e. The fourth-order valence-electron chi connectivity index (χ4n) is 2.01. The van der Waals surface area contributed by atoms with Crippen molar-refractivity contribution in [1.29, 1.82) is 0 Å². The summed E-state index contributed by atoms with van der Waals surface area (Å²) >= 11 is 3.42. The predicted molar refractivity (Wildman–Crippen MR) is 77.2 cm³/mol.